The van der Waals surface area contributed by atoms with Crippen molar-refractivity contribution in [1.29, 1.82) is 0 Å². The Morgan fingerprint density at radius 3 is 1.94 bits per heavy atom. The fourth-order valence-corrected chi connectivity index (χ4v) is 9.54. The third-order valence-electron chi connectivity index (χ3n) is 4.21. The van der Waals surface area contributed by atoms with E-state index in [1.807, 2.05) is 6.92 Å². The Kier molecular flexibility index (Phi) is 11.6. The normalized spacial score (nSPS) is 14.2. The zero-order valence-corrected chi connectivity index (χ0v) is 22.0. The van der Waals surface area contributed by atoms with Gasteiger partial charge in [-0.25, -0.2) is 0 Å². The summed E-state index contributed by atoms with van der Waals surface area (Å²) in [6, 6.07) is 5.60. The number of unbranched alkanes of at least 4 members (excludes halogenated alkanes) is 5. The van der Waals surface area contributed by atoms with Crippen LogP contribution < -0.4 is 0 Å². The Morgan fingerprint density at radius 2 is 1.41 bits per heavy atom. The molecule has 6 nitrogen and oxygen atoms in total. The van der Waals surface area contributed by atoms with Gasteiger partial charge in [0.1, 0.15) is 0 Å². The van der Waals surface area contributed by atoms with Crippen molar-refractivity contribution in [3.05, 3.63) is 43.2 Å². The van der Waals surface area contributed by atoms with Crippen LogP contribution in [-0.4, -0.2) is 27.9 Å². The number of rotatable bonds is 13. The van der Waals surface area contributed by atoms with Gasteiger partial charge in [0.15, 0.2) is 0 Å². The fraction of sp³-hybridized carbons (Fsp3) is 0.579. The molecule has 1 aromatic rings. The number of allylic oxidation sites excluding steroid dienone is 1. The molecular formula is C19H25F6IO6S2. The maximum absolute atomic E-state index is 12.9. The first-order valence-corrected chi connectivity index (χ1v) is 16.0. The van der Waals surface area contributed by atoms with Crippen molar-refractivity contribution in [2.45, 2.75) is 69.8 Å². The average Bonchev–Trinajstić information content (AvgIpc) is 2.68. The van der Waals surface area contributed by atoms with Gasteiger partial charge in [-0.2, -0.15) is 0 Å². The Balaban J connectivity index is 3.40. The summed E-state index contributed by atoms with van der Waals surface area (Å²) in [6.45, 7) is 3.42. The second-order valence-electron chi connectivity index (χ2n) is 7.06. The second-order valence-corrected chi connectivity index (χ2v) is 14.5. The van der Waals surface area contributed by atoms with Gasteiger partial charge in [-0.05, 0) is 0 Å². The van der Waals surface area contributed by atoms with E-state index < -0.39 is 57.2 Å². The van der Waals surface area contributed by atoms with Crippen LogP contribution in [-0.2, 0) is 26.9 Å². The fourth-order valence-electron chi connectivity index (χ4n) is 2.49. The van der Waals surface area contributed by atoms with Gasteiger partial charge in [-0.15, -0.1) is 0 Å². The Labute approximate surface area is 202 Å². The van der Waals surface area contributed by atoms with E-state index in [1.165, 1.54) is 31.2 Å². The summed E-state index contributed by atoms with van der Waals surface area (Å²) in [5.41, 5.74) is -11.2. The molecule has 0 bridgehead atoms. The van der Waals surface area contributed by atoms with Gasteiger partial charge < -0.3 is 0 Å². The molecule has 1 aromatic carbocycles. The van der Waals surface area contributed by atoms with Crippen LogP contribution >= 0.6 is 20.2 Å². The third-order valence-corrected chi connectivity index (χ3v) is 12.3. The van der Waals surface area contributed by atoms with Crippen molar-refractivity contribution in [2.75, 3.05) is 0 Å². The van der Waals surface area contributed by atoms with Crippen LogP contribution in [0.25, 0.3) is 0 Å². The van der Waals surface area contributed by atoms with Gasteiger partial charge in [0.05, 0.1) is 0 Å². The van der Waals surface area contributed by atoms with Gasteiger partial charge in [0.2, 0.25) is 0 Å². The molecule has 198 valence electrons. The van der Waals surface area contributed by atoms with E-state index in [-0.39, 0.29) is 16.4 Å². The molecule has 1 rings (SSSR count). The van der Waals surface area contributed by atoms with Crippen LogP contribution in [0, 0.1) is 10.5 Å². The van der Waals surface area contributed by atoms with Gasteiger partial charge >= 0.3 is 203 Å². The summed E-state index contributed by atoms with van der Waals surface area (Å²) >= 11 is -4.08. The number of aryl methyl sites for hydroxylation is 1. The summed E-state index contributed by atoms with van der Waals surface area (Å²) in [4.78, 5) is 0. The topological polar surface area (TPSA) is 86.7 Å². The molecule has 0 aliphatic rings. The monoisotopic (exact) mass is 654 g/mol. The van der Waals surface area contributed by atoms with E-state index in [0.717, 1.165) is 19.3 Å². The van der Waals surface area contributed by atoms with E-state index in [4.69, 9.17) is 0 Å². The zero-order valence-electron chi connectivity index (χ0n) is 18.2. The van der Waals surface area contributed by atoms with Crippen molar-refractivity contribution in [2.24, 2.45) is 0 Å². The summed E-state index contributed by atoms with van der Waals surface area (Å²) in [7, 11) is -12.2. The molecule has 15 heteroatoms. The van der Waals surface area contributed by atoms with Gasteiger partial charge in [0, 0.05) is 0 Å². The SMILES string of the molecule is CCCCCCCC/C(=C\I(OS(=O)(=O)C(F)(F)F)c1ccccc1C)OS(=O)(=O)C(F)(F)F. The van der Waals surface area contributed by atoms with E-state index in [0.29, 0.717) is 22.5 Å². The first-order chi connectivity index (χ1) is 15.5. The number of alkyl halides is 6. The van der Waals surface area contributed by atoms with Crippen LogP contribution in [0.15, 0.2) is 34.1 Å². The first kappa shape index (κ1) is 31.0. The number of hydrogen-bond acceptors (Lipinski definition) is 6. The van der Waals surface area contributed by atoms with Gasteiger partial charge in [0.25, 0.3) is 0 Å². The van der Waals surface area contributed by atoms with Crippen molar-refractivity contribution in [1.82, 2.24) is 0 Å². The second kappa shape index (κ2) is 12.8. The average molecular weight is 654 g/mol. The molecule has 0 spiro atoms. The van der Waals surface area contributed by atoms with Gasteiger partial charge in [-0.3, -0.25) is 0 Å². The predicted molar refractivity (Wildman–Crippen MR) is 122 cm³/mol. The van der Waals surface area contributed by atoms with Crippen LogP contribution in [0.2, 0.25) is 0 Å². The molecule has 0 heterocycles. The molecule has 34 heavy (non-hydrogen) atoms. The van der Waals surface area contributed by atoms with Crippen LogP contribution in [0.3, 0.4) is 0 Å². The minimum absolute atomic E-state index is 0.0213. The Hall–Kier alpha value is -1.07. The molecular weight excluding hydrogens is 629 g/mol. The van der Waals surface area contributed by atoms with E-state index in [2.05, 4.69) is 6.70 Å². The molecule has 0 N–H and O–H groups in total. The molecule has 0 amide bonds. The Morgan fingerprint density at radius 1 is 0.882 bits per heavy atom. The van der Waals surface area contributed by atoms with Crippen molar-refractivity contribution < 1.29 is 49.9 Å². The Bertz CT molecular complexity index is 1040. The molecule has 0 radical (unpaired) electrons. The third kappa shape index (κ3) is 9.53. The number of halogens is 7. The predicted octanol–water partition coefficient (Wildman–Crippen LogP) is 6.91. The standard InChI is InChI=1S/C19H25F6IO6S2/c1-3-4-5-6-7-8-12-16(31-33(27,28)18(20,21)22)14-26(17-13-10-9-11-15(17)2)32-34(29,30)19(23,24)25/h9-11,13-14H,3-8,12H2,1-2H3/b16-14+. The molecule has 0 aromatic heterocycles. The molecule has 0 unspecified atom stereocenters. The van der Waals surface area contributed by atoms with Crippen LogP contribution in [0.4, 0.5) is 26.3 Å². The summed E-state index contributed by atoms with van der Waals surface area (Å²) in [6.07, 6.45) is 3.70. The minimum atomic E-state index is -6.13. The number of benzene rings is 1. The molecule has 0 aliphatic carbocycles. The zero-order chi connectivity index (χ0) is 26.2. The number of hydrogen-bond donors (Lipinski definition) is 0. The molecule has 0 atom stereocenters. The van der Waals surface area contributed by atoms with Crippen LogP contribution in [0.5, 0.6) is 0 Å². The molecule has 0 saturated heterocycles. The van der Waals surface area contributed by atoms with Crippen molar-refractivity contribution in [3.8, 4) is 0 Å². The summed E-state index contributed by atoms with van der Waals surface area (Å²) in [5.74, 6) is -0.807. The quantitative estimate of drug-likeness (QED) is 0.0574. The van der Waals surface area contributed by atoms with E-state index in [1.54, 1.807) is 0 Å². The van der Waals surface area contributed by atoms with Gasteiger partial charge in [-0.1, -0.05) is 0 Å². The molecule has 0 aliphatic heterocycles. The van der Waals surface area contributed by atoms with Crippen molar-refractivity contribution in [3.63, 3.8) is 0 Å². The molecule has 0 fully saturated rings. The van der Waals surface area contributed by atoms with E-state index >= 15 is 0 Å². The van der Waals surface area contributed by atoms with E-state index in [9.17, 15) is 43.2 Å². The summed E-state index contributed by atoms with van der Waals surface area (Å²) in [5, 5.41) is 0. The summed E-state index contributed by atoms with van der Waals surface area (Å²) < 4.78 is 133. The van der Waals surface area contributed by atoms with Crippen LogP contribution in [0.1, 0.15) is 57.4 Å². The first-order valence-electron chi connectivity index (χ1n) is 9.98. The maximum atomic E-state index is 12.9. The molecule has 0 saturated carbocycles. The van der Waals surface area contributed by atoms with Crippen molar-refractivity contribution >= 4 is 40.5 Å².